The Morgan fingerprint density at radius 1 is 1.25 bits per heavy atom. The van der Waals surface area contributed by atoms with E-state index in [1.807, 2.05) is 6.07 Å². The van der Waals surface area contributed by atoms with Crippen molar-refractivity contribution in [3.05, 3.63) is 27.7 Å². The lowest BCUT2D eigenvalue weighted by Gasteiger charge is -2.39. The molecule has 1 N–H and O–H groups in total. The number of fused-ring (bicyclic) bond motifs is 2. The third-order valence-corrected chi connectivity index (χ3v) is 5.14. The quantitative estimate of drug-likeness (QED) is 0.857. The second-order valence-electron chi connectivity index (χ2n) is 5.98. The van der Waals surface area contributed by atoms with Crippen molar-refractivity contribution < 1.29 is 4.79 Å². The van der Waals surface area contributed by atoms with Gasteiger partial charge in [0.25, 0.3) is 0 Å². The van der Waals surface area contributed by atoms with Crippen LogP contribution < -0.4 is 5.32 Å². The number of halogens is 2. The standard InChI is InChI=1S/C15H18Cl2N2O/c1-9(2)19-5-3-15(4-6-19)11-7-10(16)8-12(17)13(11)18-14(15)20/h7-9H,3-6H2,1-2H3,(H,18,20). The van der Waals surface area contributed by atoms with Crippen LogP contribution in [-0.2, 0) is 10.2 Å². The Kier molecular flexibility index (Phi) is 3.47. The molecule has 2 heterocycles. The number of anilines is 1. The molecule has 108 valence electrons. The highest BCUT2D eigenvalue weighted by atomic mass is 35.5. The molecule has 0 aliphatic carbocycles. The number of carbonyl (C=O) groups excluding carboxylic acids is 1. The van der Waals surface area contributed by atoms with Gasteiger partial charge in [0, 0.05) is 11.1 Å². The zero-order chi connectivity index (χ0) is 14.5. The van der Waals surface area contributed by atoms with Crippen LogP contribution in [0.5, 0.6) is 0 Å². The minimum atomic E-state index is -0.449. The maximum absolute atomic E-state index is 12.5. The number of piperidine rings is 1. The molecule has 3 rings (SSSR count). The maximum Gasteiger partial charge on any atom is 0.235 e. The van der Waals surface area contributed by atoms with E-state index >= 15 is 0 Å². The Labute approximate surface area is 129 Å². The predicted octanol–water partition coefficient (Wildman–Crippen LogP) is 3.69. The smallest absolute Gasteiger partial charge is 0.235 e. The van der Waals surface area contributed by atoms with Crippen LogP contribution in [0.1, 0.15) is 32.3 Å². The molecule has 20 heavy (non-hydrogen) atoms. The molecular formula is C15H18Cl2N2O. The summed E-state index contributed by atoms with van der Waals surface area (Å²) in [6.07, 6.45) is 1.64. The topological polar surface area (TPSA) is 32.3 Å². The number of benzene rings is 1. The van der Waals surface area contributed by atoms with E-state index in [2.05, 4.69) is 24.1 Å². The molecule has 5 heteroatoms. The third-order valence-electron chi connectivity index (χ3n) is 4.63. The minimum absolute atomic E-state index is 0.0695. The summed E-state index contributed by atoms with van der Waals surface area (Å²) >= 11 is 12.3. The van der Waals surface area contributed by atoms with E-state index in [0.29, 0.717) is 16.1 Å². The molecule has 3 nitrogen and oxygen atoms in total. The summed E-state index contributed by atoms with van der Waals surface area (Å²) in [5.41, 5.74) is 1.28. The average molecular weight is 313 g/mol. The molecular weight excluding hydrogens is 295 g/mol. The molecule has 1 aromatic rings. The van der Waals surface area contributed by atoms with Crippen LogP contribution in [0.2, 0.25) is 10.0 Å². The average Bonchev–Trinajstić information content (AvgIpc) is 2.65. The second-order valence-corrected chi connectivity index (χ2v) is 6.82. The number of nitrogens with zero attached hydrogens (tertiary/aromatic N) is 1. The van der Waals surface area contributed by atoms with Crippen LogP contribution in [0.15, 0.2) is 12.1 Å². The Bertz CT molecular complexity index is 563. The minimum Gasteiger partial charge on any atom is -0.324 e. The van der Waals surface area contributed by atoms with Crippen molar-refractivity contribution in [1.29, 1.82) is 0 Å². The lowest BCUT2D eigenvalue weighted by molar-refractivity contribution is -0.122. The normalized spacial score (nSPS) is 21.4. The van der Waals surface area contributed by atoms with Crippen LogP contribution in [-0.4, -0.2) is 29.9 Å². The van der Waals surface area contributed by atoms with E-state index in [-0.39, 0.29) is 5.91 Å². The van der Waals surface area contributed by atoms with Crippen molar-refractivity contribution in [2.24, 2.45) is 0 Å². The first-order valence-corrected chi connectivity index (χ1v) is 7.75. The van der Waals surface area contributed by atoms with Crippen molar-refractivity contribution in [1.82, 2.24) is 4.90 Å². The highest BCUT2D eigenvalue weighted by Crippen LogP contribution is 2.48. The highest BCUT2D eigenvalue weighted by molar-refractivity contribution is 6.37. The van der Waals surface area contributed by atoms with Gasteiger partial charge in [-0.25, -0.2) is 0 Å². The summed E-state index contributed by atoms with van der Waals surface area (Å²) in [7, 11) is 0. The number of amides is 1. The first-order chi connectivity index (χ1) is 9.44. The van der Waals surface area contributed by atoms with Gasteiger partial charge < -0.3 is 10.2 Å². The van der Waals surface area contributed by atoms with Gasteiger partial charge in [-0.2, -0.15) is 0 Å². The van der Waals surface area contributed by atoms with E-state index in [1.54, 1.807) is 6.07 Å². The molecule has 1 spiro atoms. The maximum atomic E-state index is 12.5. The summed E-state index contributed by atoms with van der Waals surface area (Å²) in [6.45, 7) is 6.23. The molecule has 2 aliphatic heterocycles. The van der Waals surface area contributed by atoms with Gasteiger partial charge >= 0.3 is 0 Å². The lowest BCUT2D eigenvalue weighted by atomic mass is 9.73. The Hall–Kier alpha value is -0.770. The molecule has 1 aromatic carbocycles. The molecule has 1 amide bonds. The van der Waals surface area contributed by atoms with Crippen molar-refractivity contribution in [3.63, 3.8) is 0 Å². The molecule has 0 bridgehead atoms. The Morgan fingerprint density at radius 3 is 2.50 bits per heavy atom. The number of likely N-dealkylation sites (tertiary alicyclic amines) is 1. The first kappa shape index (κ1) is 14.2. The zero-order valence-corrected chi connectivity index (χ0v) is 13.2. The van der Waals surface area contributed by atoms with E-state index in [9.17, 15) is 4.79 Å². The zero-order valence-electron chi connectivity index (χ0n) is 11.7. The van der Waals surface area contributed by atoms with Gasteiger partial charge in [0.05, 0.1) is 16.1 Å². The summed E-state index contributed by atoms with van der Waals surface area (Å²) in [6, 6.07) is 4.09. The molecule has 2 aliphatic rings. The molecule has 0 radical (unpaired) electrons. The Balaban J connectivity index is 1.99. The number of carbonyl (C=O) groups is 1. The largest absolute Gasteiger partial charge is 0.324 e. The van der Waals surface area contributed by atoms with Crippen LogP contribution in [0.25, 0.3) is 0 Å². The molecule has 0 aromatic heterocycles. The first-order valence-electron chi connectivity index (χ1n) is 6.99. The van der Waals surface area contributed by atoms with Gasteiger partial charge in [-0.15, -0.1) is 0 Å². The number of hydrogen-bond donors (Lipinski definition) is 1. The van der Waals surface area contributed by atoms with E-state index in [4.69, 9.17) is 23.2 Å². The molecule has 1 fully saturated rings. The van der Waals surface area contributed by atoms with Crippen molar-refractivity contribution >= 4 is 34.8 Å². The number of nitrogens with one attached hydrogen (secondary N) is 1. The second kappa shape index (κ2) is 4.90. The fourth-order valence-electron chi connectivity index (χ4n) is 3.35. The fourth-order valence-corrected chi connectivity index (χ4v) is 3.89. The van der Waals surface area contributed by atoms with Crippen LogP contribution in [0.3, 0.4) is 0 Å². The van der Waals surface area contributed by atoms with Crippen LogP contribution in [0.4, 0.5) is 5.69 Å². The summed E-state index contributed by atoms with van der Waals surface area (Å²) in [5, 5.41) is 4.07. The monoisotopic (exact) mass is 312 g/mol. The molecule has 0 saturated carbocycles. The van der Waals surface area contributed by atoms with E-state index in [0.717, 1.165) is 37.2 Å². The number of rotatable bonds is 1. The van der Waals surface area contributed by atoms with Gasteiger partial charge in [-0.05, 0) is 57.5 Å². The van der Waals surface area contributed by atoms with Gasteiger partial charge in [-0.3, -0.25) is 4.79 Å². The lowest BCUT2D eigenvalue weighted by Crippen LogP contribution is -2.48. The van der Waals surface area contributed by atoms with Crippen molar-refractivity contribution in [3.8, 4) is 0 Å². The summed E-state index contributed by atoms with van der Waals surface area (Å²) < 4.78 is 0. The summed E-state index contributed by atoms with van der Waals surface area (Å²) in [5.74, 6) is 0.0695. The third kappa shape index (κ3) is 2.03. The van der Waals surface area contributed by atoms with Crippen molar-refractivity contribution in [2.75, 3.05) is 18.4 Å². The SMILES string of the molecule is CC(C)N1CCC2(CC1)C(=O)Nc1c(Cl)cc(Cl)cc12. The van der Waals surface area contributed by atoms with E-state index < -0.39 is 5.41 Å². The predicted molar refractivity (Wildman–Crippen MR) is 82.7 cm³/mol. The van der Waals surface area contributed by atoms with Crippen LogP contribution in [0, 0.1) is 0 Å². The van der Waals surface area contributed by atoms with Crippen LogP contribution >= 0.6 is 23.2 Å². The number of hydrogen-bond acceptors (Lipinski definition) is 2. The Morgan fingerprint density at radius 2 is 1.90 bits per heavy atom. The van der Waals surface area contributed by atoms with Gasteiger partial charge in [0.1, 0.15) is 0 Å². The van der Waals surface area contributed by atoms with Crippen molar-refractivity contribution in [2.45, 2.75) is 38.1 Å². The molecule has 0 unspecified atom stereocenters. The van der Waals surface area contributed by atoms with Gasteiger partial charge in [0.15, 0.2) is 0 Å². The highest BCUT2D eigenvalue weighted by Gasteiger charge is 2.49. The van der Waals surface area contributed by atoms with E-state index in [1.165, 1.54) is 0 Å². The molecule has 1 saturated heterocycles. The molecule has 0 atom stereocenters. The van der Waals surface area contributed by atoms with Gasteiger partial charge in [-0.1, -0.05) is 23.2 Å². The summed E-state index contributed by atoms with van der Waals surface area (Å²) in [4.78, 5) is 14.9. The van der Waals surface area contributed by atoms with Gasteiger partial charge in [0.2, 0.25) is 5.91 Å². The fraction of sp³-hybridized carbons (Fsp3) is 0.533.